The van der Waals surface area contributed by atoms with Gasteiger partial charge in [0, 0.05) is 35.9 Å². The fraction of sp³-hybridized carbons (Fsp3) is 0.360. The van der Waals surface area contributed by atoms with Crippen LogP contribution in [-0.4, -0.2) is 56.2 Å². The minimum absolute atomic E-state index is 0.0507. The summed E-state index contributed by atoms with van der Waals surface area (Å²) in [6, 6.07) is 14.0. The molecule has 0 atom stereocenters. The van der Waals surface area contributed by atoms with E-state index in [-0.39, 0.29) is 5.91 Å². The van der Waals surface area contributed by atoms with Crippen LogP contribution in [-0.2, 0) is 16.0 Å². The highest BCUT2D eigenvalue weighted by Gasteiger charge is 2.16. The summed E-state index contributed by atoms with van der Waals surface area (Å²) in [6.45, 7) is 6.49. The molecule has 0 aliphatic carbocycles. The van der Waals surface area contributed by atoms with Gasteiger partial charge in [0.15, 0.2) is 11.5 Å². The van der Waals surface area contributed by atoms with Crippen molar-refractivity contribution in [1.82, 2.24) is 4.98 Å². The Bertz CT molecular complexity index is 1150. The second kappa shape index (κ2) is 9.89. The van der Waals surface area contributed by atoms with Gasteiger partial charge in [-0.2, -0.15) is 0 Å². The van der Waals surface area contributed by atoms with Gasteiger partial charge in [-0.05, 0) is 48.4 Å². The van der Waals surface area contributed by atoms with Crippen molar-refractivity contribution in [2.75, 3.05) is 55.5 Å². The first-order valence-corrected chi connectivity index (χ1v) is 12.3. The van der Waals surface area contributed by atoms with Crippen LogP contribution in [0.1, 0.15) is 12.5 Å². The Hall–Kier alpha value is -2.97. The number of carbonyl (C=O) groups is 1. The molecule has 2 aliphatic rings. The summed E-state index contributed by atoms with van der Waals surface area (Å²) in [6.07, 6.45) is 0.838. The highest BCUT2D eigenvalue weighted by molar-refractivity contribution is 8.00. The number of aryl methyl sites for hydroxylation is 1. The normalized spacial score (nSPS) is 15.5. The first-order valence-electron chi connectivity index (χ1n) is 11.3. The summed E-state index contributed by atoms with van der Waals surface area (Å²) in [5.41, 5.74) is 3.91. The molecule has 0 bridgehead atoms. The third kappa shape index (κ3) is 5.02. The van der Waals surface area contributed by atoms with Gasteiger partial charge in [-0.25, -0.2) is 4.98 Å². The van der Waals surface area contributed by atoms with E-state index in [9.17, 15) is 4.79 Å². The SMILES string of the molecule is CCc1cc2cc3c(cc2nc1SCC(=O)Nc1ccc(N2CCOCC2)cc1)OCCO3. The quantitative estimate of drug-likeness (QED) is 0.549. The molecule has 33 heavy (non-hydrogen) atoms. The van der Waals surface area contributed by atoms with Gasteiger partial charge >= 0.3 is 0 Å². The van der Waals surface area contributed by atoms with Gasteiger partial charge in [0.05, 0.1) is 24.5 Å². The molecule has 2 aliphatic heterocycles. The third-order valence-electron chi connectivity index (χ3n) is 5.77. The van der Waals surface area contributed by atoms with E-state index in [0.29, 0.717) is 19.0 Å². The van der Waals surface area contributed by atoms with Crippen molar-refractivity contribution in [3.8, 4) is 11.5 Å². The van der Waals surface area contributed by atoms with E-state index in [2.05, 4.69) is 23.2 Å². The highest BCUT2D eigenvalue weighted by Crippen LogP contribution is 2.36. The van der Waals surface area contributed by atoms with Crippen LogP contribution in [0.2, 0.25) is 0 Å². The van der Waals surface area contributed by atoms with Gasteiger partial charge in [-0.3, -0.25) is 4.79 Å². The number of fused-ring (bicyclic) bond motifs is 2. The Labute approximate surface area is 197 Å². The Morgan fingerprint density at radius 2 is 1.76 bits per heavy atom. The molecule has 1 amide bonds. The van der Waals surface area contributed by atoms with E-state index < -0.39 is 0 Å². The number of ether oxygens (including phenoxy) is 3. The molecule has 1 saturated heterocycles. The minimum atomic E-state index is -0.0507. The smallest absolute Gasteiger partial charge is 0.234 e. The zero-order valence-electron chi connectivity index (χ0n) is 18.6. The van der Waals surface area contributed by atoms with E-state index >= 15 is 0 Å². The monoisotopic (exact) mass is 465 g/mol. The molecule has 1 N–H and O–H groups in total. The molecule has 2 aromatic carbocycles. The zero-order chi connectivity index (χ0) is 22.6. The molecule has 172 valence electrons. The van der Waals surface area contributed by atoms with E-state index in [1.165, 1.54) is 11.8 Å². The van der Waals surface area contributed by atoms with Crippen LogP contribution in [0.3, 0.4) is 0 Å². The zero-order valence-corrected chi connectivity index (χ0v) is 19.5. The van der Waals surface area contributed by atoms with Crippen molar-refractivity contribution < 1.29 is 19.0 Å². The highest BCUT2D eigenvalue weighted by atomic mass is 32.2. The van der Waals surface area contributed by atoms with Gasteiger partial charge in [0.2, 0.25) is 5.91 Å². The summed E-state index contributed by atoms with van der Waals surface area (Å²) in [4.78, 5) is 19.7. The second-order valence-corrected chi connectivity index (χ2v) is 8.94. The van der Waals surface area contributed by atoms with Crippen LogP contribution >= 0.6 is 11.8 Å². The number of aromatic nitrogens is 1. The van der Waals surface area contributed by atoms with Gasteiger partial charge in [0.25, 0.3) is 0 Å². The number of amides is 1. The maximum absolute atomic E-state index is 12.6. The van der Waals surface area contributed by atoms with Gasteiger partial charge < -0.3 is 24.4 Å². The fourth-order valence-corrected chi connectivity index (χ4v) is 4.91. The molecule has 0 saturated carbocycles. The van der Waals surface area contributed by atoms with Crippen molar-refractivity contribution in [2.45, 2.75) is 18.4 Å². The van der Waals surface area contributed by atoms with Gasteiger partial charge in [-0.1, -0.05) is 18.7 Å². The molecule has 1 aromatic heterocycles. The summed E-state index contributed by atoms with van der Waals surface area (Å²) in [5, 5.41) is 4.88. The molecule has 0 spiro atoms. The molecular weight excluding hydrogens is 438 g/mol. The number of pyridine rings is 1. The molecule has 0 unspecified atom stereocenters. The van der Waals surface area contributed by atoms with E-state index in [1.54, 1.807) is 0 Å². The Kier molecular flexibility index (Phi) is 6.55. The Morgan fingerprint density at radius 3 is 2.48 bits per heavy atom. The van der Waals surface area contributed by atoms with Crippen molar-refractivity contribution >= 4 is 39.9 Å². The van der Waals surface area contributed by atoms with Crippen molar-refractivity contribution in [3.05, 3.63) is 48.0 Å². The predicted octanol–water partition coefficient (Wildman–Crippen LogP) is 4.14. The Morgan fingerprint density at radius 1 is 1.03 bits per heavy atom. The number of hydrogen-bond donors (Lipinski definition) is 1. The van der Waals surface area contributed by atoms with E-state index in [0.717, 1.165) is 77.1 Å². The average molecular weight is 466 g/mol. The number of hydrogen-bond acceptors (Lipinski definition) is 7. The minimum Gasteiger partial charge on any atom is -0.486 e. The van der Waals surface area contributed by atoms with Gasteiger partial charge in [0.1, 0.15) is 18.2 Å². The van der Waals surface area contributed by atoms with E-state index in [1.807, 2.05) is 36.4 Å². The second-order valence-electron chi connectivity index (χ2n) is 7.98. The van der Waals surface area contributed by atoms with Crippen molar-refractivity contribution in [2.24, 2.45) is 0 Å². The number of carbonyl (C=O) groups excluding carboxylic acids is 1. The molecule has 5 rings (SSSR count). The van der Waals surface area contributed by atoms with Crippen LogP contribution < -0.4 is 19.7 Å². The van der Waals surface area contributed by atoms with Crippen LogP contribution in [0.15, 0.2) is 47.5 Å². The predicted molar refractivity (Wildman–Crippen MR) is 131 cm³/mol. The first-order chi connectivity index (χ1) is 16.2. The number of anilines is 2. The molecule has 3 aromatic rings. The van der Waals surface area contributed by atoms with Crippen LogP contribution in [0.25, 0.3) is 10.9 Å². The number of rotatable bonds is 6. The third-order valence-corrected chi connectivity index (χ3v) is 6.80. The number of thioether (sulfide) groups is 1. The fourth-order valence-electron chi connectivity index (χ4n) is 4.02. The summed E-state index contributed by atoms with van der Waals surface area (Å²) >= 11 is 1.46. The topological polar surface area (TPSA) is 72.9 Å². The van der Waals surface area contributed by atoms with Gasteiger partial charge in [-0.15, -0.1) is 0 Å². The molecule has 7 nitrogen and oxygen atoms in total. The Balaban J connectivity index is 1.24. The van der Waals surface area contributed by atoms with Crippen LogP contribution in [0, 0.1) is 0 Å². The lowest BCUT2D eigenvalue weighted by atomic mass is 10.1. The van der Waals surface area contributed by atoms with Crippen molar-refractivity contribution in [3.63, 3.8) is 0 Å². The lowest BCUT2D eigenvalue weighted by Crippen LogP contribution is -2.36. The maximum Gasteiger partial charge on any atom is 0.234 e. The van der Waals surface area contributed by atoms with Crippen LogP contribution in [0.4, 0.5) is 11.4 Å². The van der Waals surface area contributed by atoms with E-state index in [4.69, 9.17) is 19.2 Å². The molecule has 8 heteroatoms. The van der Waals surface area contributed by atoms with Crippen LogP contribution in [0.5, 0.6) is 11.5 Å². The first kappa shape index (κ1) is 21.9. The summed E-state index contributed by atoms with van der Waals surface area (Å²) in [5.74, 6) is 1.73. The summed E-state index contributed by atoms with van der Waals surface area (Å²) < 4.78 is 16.8. The lowest BCUT2D eigenvalue weighted by Gasteiger charge is -2.28. The number of morpholine rings is 1. The number of nitrogens with one attached hydrogen (secondary N) is 1. The summed E-state index contributed by atoms with van der Waals surface area (Å²) in [7, 11) is 0. The number of nitrogens with zero attached hydrogens (tertiary/aromatic N) is 2. The number of benzene rings is 2. The van der Waals surface area contributed by atoms with Crippen molar-refractivity contribution in [1.29, 1.82) is 0 Å². The standard InChI is InChI=1S/C25H27N3O4S/c1-2-17-13-18-14-22-23(32-12-11-31-22)15-21(18)27-25(17)33-16-24(29)26-19-3-5-20(6-4-19)28-7-9-30-10-8-28/h3-6,13-15H,2,7-12,16H2,1H3,(H,26,29). The molecule has 0 radical (unpaired) electrons. The lowest BCUT2D eigenvalue weighted by molar-refractivity contribution is -0.113. The largest absolute Gasteiger partial charge is 0.486 e. The average Bonchev–Trinajstić information content (AvgIpc) is 2.86. The molecule has 1 fully saturated rings. The maximum atomic E-state index is 12.6. The molecule has 3 heterocycles. The molecular formula is C25H27N3O4S.